The molecule has 0 unspecified atom stereocenters. The van der Waals surface area contributed by atoms with Crippen molar-refractivity contribution in [2.45, 2.75) is 38.8 Å². The van der Waals surface area contributed by atoms with Crippen molar-refractivity contribution < 1.29 is 19.1 Å². The summed E-state index contributed by atoms with van der Waals surface area (Å²) in [4.78, 5) is 27.5. The van der Waals surface area contributed by atoms with Crippen LogP contribution in [0.2, 0.25) is 0 Å². The molecule has 0 spiro atoms. The number of anilines is 1. The number of carbonyl (C=O) groups excluding carboxylic acids is 2. The van der Waals surface area contributed by atoms with E-state index in [-0.39, 0.29) is 12.3 Å². The molecule has 3 atom stereocenters. The van der Waals surface area contributed by atoms with Gasteiger partial charge in [-0.3, -0.25) is 9.59 Å². The minimum atomic E-state index is -0.843. The summed E-state index contributed by atoms with van der Waals surface area (Å²) in [5, 5.41) is 9.02. The molecule has 0 saturated carbocycles. The molecule has 1 aliphatic heterocycles. The smallest absolute Gasteiger partial charge is 0.312 e. The van der Waals surface area contributed by atoms with Crippen molar-refractivity contribution in [1.29, 1.82) is 5.26 Å². The highest BCUT2D eigenvalue weighted by atomic mass is 16.5. The quantitative estimate of drug-likeness (QED) is 0.720. The molecule has 1 aliphatic rings. The van der Waals surface area contributed by atoms with Crippen molar-refractivity contribution in [2.24, 2.45) is 5.92 Å². The van der Waals surface area contributed by atoms with Gasteiger partial charge in [-0.25, -0.2) is 0 Å². The van der Waals surface area contributed by atoms with E-state index in [1.807, 2.05) is 61.5 Å². The van der Waals surface area contributed by atoms with E-state index in [9.17, 15) is 9.59 Å². The number of hydrogen-bond acceptors (Lipinski definition) is 5. The van der Waals surface area contributed by atoms with Crippen molar-refractivity contribution in [3.05, 3.63) is 59.7 Å². The molecule has 2 aromatic carbocycles. The van der Waals surface area contributed by atoms with Gasteiger partial charge >= 0.3 is 5.97 Å². The van der Waals surface area contributed by atoms with E-state index in [2.05, 4.69) is 0 Å². The van der Waals surface area contributed by atoms with Crippen LogP contribution in [0.1, 0.15) is 36.9 Å². The van der Waals surface area contributed by atoms with Gasteiger partial charge in [-0.2, -0.15) is 5.26 Å². The maximum Gasteiger partial charge on any atom is 0.312 e. The van der Waals surface area contributed by atoms with E-state index in [0.29, 0.717) is 12.2 Å². The van der Waals surface area contributed by atoms with E-state index >= 15 is 0 Å². The molecule has 6 heteroatoms. The lowest BCUT2D eigenvalue weighted by atomic mass is 9.83. The topological polar surface area (TPSA) is 79.6 Å². The van der Waals surface area contributed by atoms with E-state index in [0.717, 1.165) is 16.8 Å². The van der Waals surface area contributed by atoms with E-state index in [4.69, 9.17) is 14.7 Å². The van der Waals surface area contributed by atoms with Crippen LogP contribution in [0.5, 0.6) is 5.75 Å². The standard InChI is InChI=1S/C23H24N2O4/c1-15-4-8-18(9-5-15)25-21(26)13-12-20(23(27)29-16(2)14-24)22(25)17-6-10-19(28-3)11-7-17/h4-11,16,20,22H,12-13H2,1-3H3/t16-,20+,22-/m0/s1. The van der Waals surface area contributed by atoms with Crippen LogP contribution in [0.4, 0.5) is 5.69 Å². The number of piperidine rings is 1. The van der Waals surface area contributed by atoms with Gasteiger partial charge in [0.25, 0.3) is 0 Å². The Morgan fingerprint density at radius 1 is 1.17 bits per heavy atom. The van der Waals surface area contributed by atoms with Gasteiger partial charge in [-0.05, 0) is 50.1 Å². The average molecular weight is 392 g/mol. The number of amides is 1. The first kappa shape index (κ1) is 20.4. The second-order valence-corrected chi connectivity index (χ2v) is 7.17. The first-order valence-electron chi connectivity index (χ1n) is 9.57. The van der Waals surface area contributed by atoms with Crippen LogP contribution in [0, 0.1) is 24.2 Å². The lowest BCUT2D eigenvalue weighted by Gasteiger charge is -2.40. The minimum Gasteiger partial charge on any atom is -0.497 e. The number of methoxy groups -OCH3 is 1. The number of esters is 1. The molecule has 150 valence electrons. The van der Waals surface area contributed by atoms with Crippen LogP contribution in [0.15, 0.2) is 48.5 Å². The molecule has 1 saturated heterocycles. The van der Waals surface area contributed by atoms with Gasteiger partial charge in [0, 0.05) is 12.1 Å². The number of ether oxygens (including phenoxy) is 2. The van der Waals surface area contributed by atoms with Crippen LogP contribution in [0.3, 0.4) is 0 Å². The Balaban J connectivity index is 2.05. The number of benzene rings is 2. The SMILES string of the molecule is COc1ccc([C@H]2[C@H](C(=O)O[C@@H](C)C#N)CCC(=O)N2c2ccc(C)cc2)cc1. The monoisotopic (exact) mass is 392 g/mol. The van der Waals surface area contributed by atoms with E-state index in [1.54, 1.807) is 12.0 Å². The second kappa shape index (κ2) is 8.78. The summed E-state index contributed by atoms with van der Waals surface area (Å²) in [6, 6.07) is 16.4. The number of aryl methyl sites for hydroxylation is 1. The maximum atomic E-state index is 12.9. The Morgan fingerprint density at radius 2 is 1.83 bits per heavy atom. The molecule has 0 aromatic heterocycles. The van der Waals surface area contributed by atoms with Gasteiger partial charge < -0.3 is 14.4 Å². The molecule has 1 fully saturated rings. The van der Waals surface area contributed by atoms with Crippen molar-refractivity contribution in [3.8, 4) is 11.8 Å². The number of nitrogens with zero attached hydrogens (tertiary/aromatic N) is 2. The zero-order valence-corrected chi connectivity index (χ0v) is 16.8. The lowest BCUT2D eigenvalue weighted by molar-refractivity contribution is -0.153. The highest BCUT2D eigenvalue weighted by Crippen LogP contribution is 2.41. The number of rotatable bonds is 5. The zero-order chi connectivity index (χ0) is 21.0. The molecule has 1 heterocycles. The maximum absolute atomic E-state index is 12.9. The number of nitriles is 1. The Hall–Kier alpha value is -3.33. The average Bonchev–Trinajstić information content (AvgIpc) is 2.74. The van der Waals surface area contributed by atoms with Crippen LogP contribution < -0.4 is 9.64 Å². The normalized spacial score (nSPS) is 19.9. The molecular formula is C23H24N2O4. The number of carbonyl (C=O) groups is 2. The lowest BCUT2D eigenvalue weighted by Crippen LogP contribution is -2.46. The zero-order valence-electron chi connectivity index (χ0n) is 16.8. The predicted octanol–water partition coefficient (Wildman–Crippen LogP) is 3.94. The summed E-state index contributed by atoms with van der Waals surface area (Å²) in [7, 11) is 1.58. The van der Waals surface area contributed by atoms with Gasteiger partial charge in [-0.1, -0.05) is 29.8 Å². The Bertz CT molecular complexity index is 915. The molecule has 2 aromatic rings. The van der Waals surface area contributed by atoms with Crippen molar-refractivity contribution in [2.75, 3.05) is 12.0 Å². The summed E-state index contributed by atoms with van der Waals surface area (Å²) in [5.74, 6) is -0.398. The molecule has 1 amide bonds. The van der Waals surface area contributed by atoms with Gasteiger partial charge in [0.05, 0.1) is 19.1 Å². The summed E-state index contributed by atoms with van der Waals surface area (Å²) < 4.78 is 10.5. The van der Waals surface area contributed by atoms with Crippen molar-refractivity contribution in [3.63, 3.8) is 0 Å². The largest absolute Gasteiger partial charge is 0.497 e. The van der Waals surface area contributed by atoms with Crippen LogP contribution in [-0.4, -0.2) is 25.1 Å². The second-order valence-electron chi connectivity index (χ2n) is 7.17. The van der Waals surface area contributed by atoms with E-state index in [1.165, 1.54) is 6.92 Å². The van der Waals surface area contributed by atoms with Crippen LogP contribution in [-0.2, 0) is 14.3 Å². The highest BCUT2D eigenvalue weighted by Gasteiger charge is 2.42. The summed E-state index contributed by atoms with van der Waals surface area (Å²) >= 11 is 0. The Kier molecular flexibility index (Phi) is 6.18. The Morgan fingerprint density at radius 3 is 2.41 bits per heavy atom. The Labute approximate surface area is 170 Å². The van der Waals surface area contributed by atoms with Crippen molar-refractivity contribution in [1.82, 2.24) is 0 Å². The summed E-state index contributed by atoms with van der Waals surface area (Å²) in [6.45, 7) is 3.51. The predicted molar refractivity (Wildman–Crippen MR) is 108 cm³/mol. The first-order valence-corrected chi connectivity index (χ1v) is 9.57. The molecule has 0 radical (unpaired) electrons. The van der Waals surface area contributed by atoms with Gasteiger partial charge in [0.2, 0.25) is 5.91 Å². The summed E-state index contributed by atoms with van der Waals surface area (Å²) in [6.07, 6.45) is -0.236. The molecule has 0 N–H and O–H groups in total. The van der Waals surface area contributed by atoms with Crippen LogP contribution >= 0.6 is 0 Å². The fourth-order valence-electron chi connectivity index (χ4n) is 3.62. The summed E-state index contributed by atoms with van der Waals surface area (Å²) in [5.41, 5.74) is 2.62. The van der Waals surface area contributed by atoms with Gasteiger partial charge in [-0.15, -0.1) is 0 Å². The molecule has 6 nitrogen and oxygen atoms in total. The van der Waals surface area contributed by atoms with Gasteiger partial charge in [0.15, 0.2) is 6.10 Å². The van der Waals surface area contributed by atoms with Gasteiger partial charge in [0.1, 0.15) is 11.8 Å². The molecule has 0 bridgehead atoms. The fourth-order valence-corrected chi connectivity index (χ4v) is 3.62. The fraction of sp³-hybridized carbons (Fsp3) is 0.348. The third-order valence-corrected chi connectivity index (χ3v) is 5.14. The molecule has 3 rings (SSSR count). The minimum absolute atomic E-state index is 0.0490. The third-order valence-electron chi connectivity index (χ3n) is 5.14. The first-order chi connectivity index (χ1) is 13.9. The third kappa shape index (κ3) is 4.40. The highest BCUT2D eigenvalue weighted by molar-refractivity contribution is 5.97. The molecular weight excluding hydrogens is 368 g/mol. The molecule has 29 heavy (non-hydrogen) atoms. The molecule has 0 aliphatic carbocycles. The van der Waals surface area contributed by atoms with E-state index < -0.39 is 24.0 Å². The number of hydrogen-bond donors (Lipinski definition) is 0. The van der Waals surface area contributed by atoms with Crippen molar-refractivity contribution >= 4 is 17.6 Å². The van der Waals surface area contributed by atoms with Crippen LogP contribution in [0.25, 0.3) is 0 Å².